The second-order valence-electron chi connectivity index (χ2n) is 8.61. The third-order valence-corrected chi connectivity index (χ3v) is 7.17. The van der Waals surface area contributed by atoms with Crippen LogP contribution in [0.2, 0.25) is 5.02 Å². The molecule has 11 heteroatoms. The van der Waals surface area contributed by atoms with Crippen LogP contribution in [-0.2, 0) is 21.2 Å². The summed E-state index contributed by atoms with van der Waals surface area (Å²) in [5, 5.41) is 3.22. The Morgan fingerprint density at radius 1 is 1.19 bits per heavy atom. The van der Waals surface area contributed by atoms with E-state index in [2.05, 4.69) is 19.7 Å². The second kappa shape index (κ2) is 11.0. The first-order valence-electron chi connectivity index (χ1n) is 11.3. The quantitative estimate of drug-likeness (QED) is 0.328. The van der Waals surface area contributed by atoms with Crippen LogP contribution in [0.4, 0.5) is 5.69 Å². The molecule has 1 aromatic heterocycles. The molecule has 2 aromatic carbocycles. The Hall–Kier alpha value is -3.50. The van der Waals surface area contributed by atoms with Crippen LogP contribution in [0.3, 0.4) is 0 Å². The number of anilines is 1. The number of rotatable bonds is 9. The van der Waals surface area contributed by atoms with Gasteiger partial charge in [-0.1, -0.05) is 35.9 Å². The van der Waals surface area contributed by atoms with Crippen LogP contribution in [0.5, 0.6) is 6.01 Å². The van der Waals surface area contributed by atoms with Crippen LogP contribution in [0.25, 0.3) is 11.1 Å². The predicted octanol–water partition coefficient (Wildman–Crippen LogP) is 4.19. The van der Waals surface area contributed by atoms with E-state index in [9.17, 15) is 13.2 Å². The van der Waals surface area contributed by atoms with E-state index in [1.165, 1.54) is 29.7 Å². The first-order valence-corrected chi connectivity index (χ1v) is 13.2. The second-order valence-corrected chi connectivity index (χ2v) is 10.6. The van der Waals surface area contributed by atoms with Gasteiger partial charge in [-0.05, 0) is 43.0 Å². The lowest BCUT2D eigenvalue weighted by Crippen LogP contribution is -2.25. The van der Waals surface area contributed by atoms with Crippen molar-refractivity contribution in [1.29, 1.82) is 0 Å². The number of carbonyl (C=O) groups excluding carboxylic acids is 1. The number of aromatic nitrogens is 2. The van der Waals surface area contributed by atoms with Crippen LogP contribution in [0.15, 0.2) is 64.2 Å². The molecule has 188 valence electrons. The summed E-state index contributed by atoms with van der Waals surface area (Å²) >= 11 is 6.16. The van der Waals surface area contributed by atoms with Gasteiger partial charge in [0.2, 0.25) is 5.91 Å². The van der Waals surface area contributed by atoms with Crippen molar-refractivity contribution in [2.75, 3.05) is 19.4 Å². The zero-order valence-electron chi connectivity index (χ0n) is 19.9. The number of amides is 1. The van der Waals surface area contributed by atoms with Gasteiger partial charge in [-0.25, -0.2) is 9.97 Å². The summed E-state index contributed by atoms with van der Waals surface area (Å²) < 4.78 is 35.7. The molecule has 1 aliphatic carbocycles. The van der Waals surface area contributed by atoms with Crippen LogP contribution < -0.4 is 10.1 Å². The molecule has 3 aromatic rings. The molecule has 1 aliphatic rings. The van der Waals surface area contributed by atoms with E-state index in [0.717, 1.165) is 19.3 Å². The standard InChI is InChI=1S/C25H26ClN5O4S/c1-31(2)16-29-36(33,34)23-13-19(30-24(32)12-17-6-3-4-9-22(17)26)10-11-21(23)18-14-27-25(28-15-18)35-20-7-5-8-20/h3-4,6,9-11,13-16,20H,5,7-8,12H2,1-2H3,(H,30,32). The third-order valence-electron chi connectivity index (χ3n) is 5.53. The molecule has 0 bridgehead atoms. The Labute approximate surface area is 215 Å². The average molecular weight is 528 g/mol. The summed E-state index contributed by atoms with van der Waals surface area (Å²) in [6.45, 7) is 0. The fourth-order valence-electron chi connectivity index (χ4n) is 3.44. The zero-order valence-corrected chi connectivity index (χ0v) is 21.5. The summed E-state index contributed by atoms with van der Waals surface area (Å²) in [5.74, 6) is -0.336. The maximum absolute atomic E-state index is 13.1. The van der Waals surface area contributed by atoms with E-state index < -0.39 is 10.0 Å². The van der Waals surface area contributed by atoms with Gasteiger partial charge in [-0.3, -0.25) is 4.79 Å². The first kappa shape index (κ1) is 25.6. The maximum atomic E-state index is 13.1. The fourth-order valence-corrected chi connectivity index (χ4v) is 4.81. The number of carbonyl (C=O) groups is 1. The topological polar surface area (TPSA) is 114 Å². The normalized spacial score (nSPS) is 13.9. The van der Waals surface area contributed by atoms with Crippen molar-refractivity contribution in [3.63, 3.8) is 0 Å². The molecule has 0 atom stereocenters. The first-order chi connectivity index (χ1) is 17.2. The molecule has 1 fully saturated rings. The molecule has 0 spiro atoms. The van der Waals surface area contributed by atoms with Gasteiger partial charge in [0, 0.05) is 48.3 Å². The van der Waals surface area contributed by atoms with Gasteiger partial charge in [-0.15, -0.1) is 4.40 Å². The smallest absolute Gasteiger partial charge is 0.316 e. The Morgan fingerprint density at radius 2 is 1.92 bits per heavy atom. The van der Waals surface area contributed by atoms with Crippen molar-refractivity contribution < 1.29 is 17.9 Å². The molecule has 36 heavy (non-hydrogen) atoms. The van der Waals surface area contributed by atoms with Gasteiger partial charge in [0.1, 0.15) is 12.4 Å². The molecule has 1 N–H and O–H groups in total. The molecule has 9 nitrogen and oxygen atoms in total. The fraction of sp³-hybridized carbons (Fsp3) is 0.280. The molecule has 1 amide bonds. The zero-order chi connectivity index (χ0) is 25.7. The van der Waals surface area contributed by atoms with Crippen molar-refractivity contribution in [3.05, 3.63) is 65.4 Å². The summed E-state index contributed by atoms with van der Waals surface area (Å²) in [6.07, 6.45) is 7.47. The maximum Gasteiger partial charge on any atom is 0.316 e. The van der Waals surface area contributed by atoms with E-state index in [-0.39, 0.29) is 29.3 Å². The average Bonchev–Trinajstić information content (AvgIpc) is 2.82. The van der Waals surface area contributed by atoms with Gasteiger partial charge in [0.25, 0.3) is 10.0 Å². The molecular weight excluding hydrogens is 502 g/mol. The van der Waals surface area contributed by atoms with E-state index in [4.69, 9.17) is 16.3 Å². The van der Waals surface area contributed by atoms with Crippen molar-refractivity contribution in [2.45, 2.75) is 36.7 Å². The Balaban J connectivity index is 1.63. The predicted molar refractivity (Wildman–Crippen MR) is 139 cm³/mol. The van der Waals surface area contributed by atoms with Gasteiger partial charge >= 0.3 is 6.01 Å². The van der Waals surface area contributed by atoms with Crippen LogP contribution in [-0.4, -0.2) is 55.7 Å². The third kappa shape index (κ3) is 6.38. The lowest BCUT2D eigenvalue weighted by molar-refractivity contribution is -0.115. The minimum atomic E-state index is -4.11. The van der Waals surface area contributed by atoms with E-state index in [1.807, 2.05) is 0 Å². The Bertz CT molecular complexity index is 1370. The molecule has 0 unspecified atom stereocenters. The number of hydrogen-bond acceptors (Lipinski definition) is 6. The van der Waals surface area contributed by atoms with Crippen LogP contribution >= 0.6 is 11.6 Å². The molecule has 1 heterocycles. The monoisotopic (exact) mass is 527 g/mol. The molecule has 0 aliphatic heterocycles. The lowest BCUT2D eigenvalue weighted by atomic mass is 9.96. The molecule has 0 radical (unpaired) electrons. The number of sulfonamides is 1. The highest BCUT2D eigenvalue weighted by molar-refractivity contribution is 7.90. The van der Waals surface area contributed by atoms with Crippen LogP contribution in [0, 0.1) is 0 Å². The van der Waals surface area contributed by atoms with Crippen molar-refractivity contribution in [2.24, 2.45) is 4.40 Å². The SMILES string of the molecule is CN(C)C=NS(=O)(=O)c1cc(NC(=O)Cc2ccccc2Cl)ccc1-c1cnc(OC2CCC2)nc1. The van der Waals surface area contributed by atoms with Gasteiger partial charge in [0.15, 0.2) is 0 Å². The van der Waals surface area contributed by atoms with Gasteiger partial charge in [-0.2, -0.15) is 8.42 Å². The summed E-state index contributed by atoms with van der Waals surface area (Å²) in [6, 6.07) is 11.9. The summed E-state index contributed by atoms with van der Waals surface area (Å²) in [7, 11) is -0.780. The van der Waals surface area contributed by atoms with E-state index in [0.29, 0.717) is 27.4 Å². The number of nitrogens with zero attached hydrogens (tertiary/aromatic N) is 4. The summed E-state index contributed by atoms with van der Waals surface area (Å²) in [4.78, 5) is 22.5. The van der Waals surface area contributed by atoms with Crippen molar-refractivity contribution in [3.8, 4) is 17.1 Å². The number of hydrogen-bond donors (Lipinski definition) is 1. The molecule has 1 saturated carbocycles. The number of benzene rings is 2. The lowest BCUT2D eigenvalue weighted by Gasteiger charge is -2.24. The highest BCUT2D eigenvalue weighted by Gasteiger charge is 2.22. The van der Waals surface area contributed by atoms with E-state index >= 15 is 0 Å². The van der Waals surface area contributed by atoms with Crippen molar-refractivity contribution >= 4 is 39.6 Å². The highest BCUT2D eigenvalue weighted by Crippen LogP contribution is 2.32. The number of ether oxygens (including phenoxy) is 1. The Kier molecular flexibility index (Phi) is 7.85. The minimum absolute atomic E-state index is 0.0403. The highest BCUT2D eigenvalue weighted by atomic mass is 35.5. The Morgan fingerprint density at radius 3 is 2.56 bits per heavy atom. The van der Waals surface area contributed by atoms with E-state index in [1.54, 1.807) is 50.5 Å². The van der Waals surface area contributed by atoms with Crippen molar-refractivity contribution in [1.82, 2.24) is 14.9 Å². The molecule has 0 saturated heterocycles. The van der Waals surface area contributed by atoms with Crippen LogP contribution in [0.1, 0.15) is 24.8 Å². The number of nitrogens with one attached hydrogen (secondary N) is 1. The molecular formula is C25H26ClN5O4S. The molecule has 4 rings (SSSR count). The van der Waals surface area contributed by atoms with Gasteiger partial charge in [0.05, 0.1) is 11.3 Å². The number of halogens is 1. The van der Waals surface area contributed by atoms with Gasteiger partial charge < -0.3 is 15.0 Å². The largest absolute Gasteiger partial charge is 0.460 e. The summed E-state index contributed by atoms with van der Waals surface area (Å²) in [5.41, 5.74) is 1.80. The minimum Gasteiger partial charge on any atom is -0.460 e.